The van der Waals surface area contributed by atoms with Crippen LogP contribution in [0.2, 0.25) is 0 Å². The van der Waals surface area contributed by atoms with Crippen molar-refractivity contribution in [1.82, 2.24) is 4.98 Å². The van der Waals surface area contributed by atoms with Gasteiger partial charge in [0.05, 0.1) is 5.56 Å². The first-order valence-corrected chi connectivity index (χ1v) is 4.58. The fourth-order valence-corrected chi connectivity index (χ4v) is 1.70. The van der Waals surface area contributed by atoms with E-state index in [1.165, 1.54) is 0 Å². The van der Waals surface area contributed by atoms with Gasteiger partial charge in [0, 0.05) is 5.88 Å². The molecule has 0 radical (unpaired) electrons. The summed E-state index contributed by atoms with van der Waals surface area (Å²) in [5.74, 6) is -0.996. The molecule has 0 amide bonds. The van der Waals surface area contributed by atoms with E-state index in [4.69, 9.17) is 11.6 Å². The normalized spacial score (nSPS) is 10.9. The lowest BCUT2D eigenvalue weighted by atomic mass is 10.2. The van der Waals surface area contributed by atoms with Gasteiger partial charge in [0.2, 0.25) is 5.95 Å². The van der Waals surface area contributed by atoms with E-state index in [0.29, 0.717) is 0 Å². The highest BCUT2D eigenvalue weighted by atomic mass is 79.9. The number of nitrogens with zero attached hydrogens (tertiary/aromatic N) is 1. The molecule has 0 aromatic carbocycles. The standard InChI is InChI=1S/C7H4BrClF3N/c8-6-5(7(11)12)3(2-9)1-4(10)13-6/h1,7H,2H2. The minimum absolute atomic E-state index is 0.0519. The van der Waals surface area contributed by atoms with Gasteiger partial charge in [-0.15, -0.1) is 11.6 Å². The number of halogens is 5. The van der Waals surface area contributed by atoms with Crippen molar-refractivity contribution >= 4 is 27.5 Å². The molecule has 1 rings (SSSR count). The molecule has 0 aliphatic heterocycles. The summed E-state index contributed by atoms with van der Waals surface area (Å²) in [5, 5.41) is 0. The van der Waals surface area contributed by atoms with Crippen molar-refractivity contribution in [1.29, 1.82) is 0 Å². The third-order valence-electron chi connectivity index (χ3n) is 1.43. The van der Waals surface area contributed by atoms with Gasteiger partial charge in [0.15, 0.2) is 0 Å². The zero-order valence-corrected chi connectivity index (χ0v) is 8.54. The van der Waals surface area contributed by atoms with Gasteiger partial charge < -0.3 is 0 Å². The lowest BCUT2D eigenvalue weighted by Crippen LogP contribution is -1.98. The fraction of sp³-hybridized carbons (Fsp3) is 0.286. The van der Waals surface area contributed by atoms with E-state index in [2.05, 4.69) is 20.9 Å². The molecular formula is C7H4BrClF3N. The molecule has 13 heavy (non-hydrogen) atoms. The highest BCUT2D eigenvalue weighted by molar-refractivity contribution is 9.10. The number of alkyl halides is 3. The SMILES string of the molecule is Fc1cc(CCl)c(C(F)F)c(Br)n1. The minimum Gasteiger partial charge on any atom is -0.212 e. The fourth-order valence-electron chi connectivity index (χ4n) is 0.881. The van der Waals surface area contributed by atoms with E-state index in [1.54, 1.807) is 0 Å². The molecule has 0 N–H and O–H groups in total. The van der Waals surface area contributed by atoms with Crippen LogP contribution in [0.4, 0.5) is 13.2 Å². The third kappa shape index (κ3) is 2.34. The second kappa shape index (κ2) is 4.28. The molecule has 1 aromatic rings. The van der Waals surface area contributed by atoms with Crippen LogP contribution in [-0.2, 0) is 5.88 Å². The van der Waals surface area contributed by atoms with Crippen LogP contribution in [0.25, 0.3) is 0 Å². The summed E-state index contributed by atoms with van der Waals surface area (Å²) in [4.78, 5) is 3.21. The largest absolute Gasteiger partial charge is 0.266 e. The Morgan fingerprint density at radius 1 is 1.54 bits per heavy atom. The summed E-state index contributed by atoms with van der Waals surface area (Å²) in [6.45, 7) is 0. The van der Waals surface area contributed by atoms with Crippen molar-refractivity contribution in [2.45, 2.75) is 12.3 Å². The van der Waals surface area contributed by atoms with Gasteiger partial charge in [-0.05, 0) is 27.6 Å². The van der Waals surface area contributed by atoms with Gasteiger partial charge in [-0.3, -0.25) is 0 Å². The maximum atomic E-state index is 12.6. The lowest BCUT2D eigenvalue weighted by molar-refractivity contribution is 0.149. The number of hydrogen-bond donors (Lipinski definition) is 0. The molecule has 72 valence electrons. The average molecular weight is 274 g/mol. The van der Waals surface area contributed by atoms with Crippen LogP contribution in [-0.4, -0.2) is 4.98 Å². The Hall–Kier alpha value is -0.290. The van der Waals surface area contributed by atoms with E-state index in [1.807, 2.05) is 0 Å². The van der Waals surface area contributed by atoms with Crippen LogP contribution in [0.5, 0.6) is 0 Å². The Bertz CT molecular complexity index is 319. The van der Waals surface area contributed by atoms with Gasteiger partial charge in [-0.1, -0.05) is 0 Å². The molecule has 0 atom stereocenters. The molecule has 0 spiro atoms. The highest BCUT2D eigenvalue weighted by Crippen LogP contribution is 2.30. The Morgan fingerprint density at radius 2 is 2.15 bits per heavy atom. The molecular weight excluding hydrogens is 270 g/mol. The quantitative estimate of drug-likeness (QED) is 0.592. The first kappa shape index (κ1) is 10.8. The zero-order valence-electron chi connectivity index (χ0n) is 6.20. The van der Waals surface area contributed by atoms with E-state index in [-0.39, 0.29) is 21.6 Å². The Morgan fingerprint density at radius 3 is 2.62 bits per heavy atom. The Balaban J connectivity index is 3.30. The van der Waals surface area contributed by atoms with E-state index in [0.717, 1.165) is 6.07 Å². The number of pyridine rings is 1. The van der Waals surface area contributed by atoms with Crippen LogP contribution < -0.4 is 0 Å². The molecule has 1 heterocycles. The third-order valence-corrected chi connectivity index (χ3v) is 2.32. The van der Waals surface area contributed by atoms with Crippen molar-refractivity contribution in [3.05, 3.63) is 27.7 Å². The molecule has 0 saturated heterocycles. The van der Waals surface area contributed by atoms with Gasteiger partial charge >= 0.3 is 0 Å². The maximum Gasteiger partial charge on any atom is 0.266 e. The molecule has 0 aliphatic rings. The van der Waals surface area contributed by atoms with Crippen LogP contribution in [0, 0.1) is 5.95 Å². The summed E-state index contributed by atoms with van der Waals surface area (Å²) >= 11 is 8.12. The van der Waals surface area contributed by atoms with E-state index < -0.39 is 12.4 Å². The maximum absolute atomic E-state index is 12.6. The van der Waals surface area contributed by atoms with Crippen LogP contribution >= 0.6 is 27.5 Å². The number of hydrogen-bond acceptors (Lipinski definition) is 1. The van der Waals surface area contributed by atoms with Gasteiger partial charge in [-0.25, -0.2) is 13.8 Å². The monoisotopic (exact) mass is 273 g/mol. The molecule has 1 aromatic heterocycles. The molecule has 0 fully saturated rings. The number of rotatable bonds is 2. The van der Waals surface area contributed by atoms with E-state index >= 15 is 0 Å². The Kier molecular flexibility index (Phi) is 3.55. The molecule has 0 unspecified atom stereocenters. The van der Waals surface area contributed by atoms with Crippen molar-refractivity contribution in [2.24, 2.45) is 0 Å². The van der Waals surface area contributed by atoms with Crippen molar-refractivity contribution in [3.63, 3.8) is 0 Å². The second-order valence-electron chi connectivity index (χ2n) is 2.24. The van der Waals surface area contributed by atoms with Gasteiger partial charge in [0.1, 0.15) is 4.60 Å². The first-order valence-electron chi connectivity index (χ1n) is 3.25. The first-order chi connectivity index (χ1) is 6.06. The summed E-state index contributed by atoms with van der Waals surface area (Å²) in [6, 6.07) is 0.902. The Labute approximate surface area is 86.0 Å². The average Bonchev–Trinajstić information content (AvgIpc) is 2.01. The van der Waals surface area contributed by atoms with Gasteiger partial charge in [-0.2, -0.15) is 4.39 Å². The molecule has 0 bridgehead atoms. The molecule has 1 nitrogen and oxygen atoms in total. The molecule has 0 aliphatic carbocycles. The van der Waals surface area contributed by atoms with Crippen LogP contribution in [0.15, 0.2) is 10.7 Å². The van der Waals surface area contributed by atoms with Crippen molar-refractivity contribution in [2.75, 3.05) is 0 Å². The molecule has 6 heteroatoms. The van der Waals surface area contributed by atoms with E-state index in [9.17, 15) is 13.2 Å². The second-order valence-corrected chi connectivity index (χ2v) is 3.26. The summed E-state index contributed by atoms with van der Waals surface area (Å²) in [7, 11) is 0. The topological polar surface area (TPSA) is 12.9 Å². The van der Waals surface area contributed by atoms with Gasteiger partial charge in [0.25, 0.3) is 6.43 Å². The highest BCUT2D eigenvalue weighted by Gasteiger charge is 2.18. The lowest BCUT2D eigenvalue weighted by Gasteiger charge is -2.07. The number of aromatic nitrogens is 1. The summed E-state index contributed by atoms with van der Waals surface area (Å²) < 4.78 is 37.1. The van der Waals surface area contributed by atoms with Crippen LogP contribution in [0.1, 0.15) is 17.6 Å². The predicted molar refractivity (Wildman–Crippen MR) is 46.4 cm³/mol. The predicted octanol–water partition coefficient (Wildman–Crippen LogP) is 3.66. The smallest absolute Gasteiger partial charge is 0.212 e. The van der Waals surface area contributed by atoms with Crippen LogP contribution in [0.3, 0.4) is 0 Å². The summed E-state index contributed by atoms with van der Waals surface area (Å²) in [5.41, 5.74) is -0.299. The van der Waals surface area contributed by atoms with Crippen molar-refractivity contribution in [3.8, 4) is 0 Å². The zero-order chi connectivity index (χ0) is 10.0. The molecule has 0 saturated carbocycles. The minimum atomic E-state index is -2.71. The van der Waals surface area contributed by atoms with Crippen molar-refractivity contribution < 1.29 is 13.2 Å². The summed E-state index contributed by atoms with van der Waals surface area (Å²) in [6.07, 6.45) is -2.71.